The molecule has 10 heteroatoms. The lowest BCUT2D eigenvalue weighted by Gasteiger charge is -2.37. The van der Waals surface area contributed by atoms with Gasteiger partial charge in [0.2, 0.25) is 5.91 Å². The van der Waals surface area contributed by atoms with Crippen LogP contribution in [0.25, 0.3) is 0 Å². The molecule has 216 valence electrons. The Morgan fingerprint density at radius 3 is 2.60 bits per heavy atom. The third kappa shape index (κ3) is 5.97. The van der Waals surface area contributed by atoms with Crippen LogP contribution in [0.15, 0.2) is 72.8 Å². The number of hydrogen-bond acceptors (Lipinski definition) is 5. The number of hydrogen-bond donors (Lipinski definition) is 2. The van der Waals surface area contributed by atoms with E-state index >= 15 is 0 Å². The third-order valence-electron chi connectivity index (χ3n) is 7.54. The molecule has 2 amide bonds. The molecule has 4 aromatic rings. The molecule has 4 aliphatic rings. The summed E-state index contributed by atoms with van der Waals surface area (Å²) in [4.78, 5) is 27.6. The Morgan fingerprint density at radius 2 is 1.79 bits per heavy atom. The Bertz CT molecular complexity index is 1590. The van der Waals surface area contributed by atoms with E-state index in [1.165, 1.54) is 0 Å². The second-order valence-electron chi connectivity index (χ2n) is 10.4. The van der Waals surface area contributed by atoms with Crippen LogP contribution in [0.3, 0.4) is 0 Å². The highest BCUT2D eigenvalue weighted by atomic mass is 19.3. The van der Waals surface area contributed by atoms with Crippen LogP contribution < -0.4 is 14.8 Å². The van der Waals surface area contributed by atoms with Crippen LogP contribution in [0.5, 0.6) is 17.2 Å². The van der Waals surface area contributed by atoms with Crippen molar-refractivity contribution >= 4 is 11.8 Å². The minimum Gasteiger partial charge on any atom is -0.494 e. The number of aromatic nitrogens is 2. The number of rotatable bonds is 2. The minimum atomic E-state index is -2.76. The Balaban J connectivity index is 1.37. The molecule has 0 spiro atoms. The summed E-state index contributed by atoms with van der Waals surface area (Å²) in [6.07, 6.45) is -0.546. The van der Waals surface area contributed by atoms with Gasteiger partial charge in [0.1, 0.15) is 22.9 Å². The van der Waals surface area contributed by atoms with Gasteiger partial charge in [-0.3, -0.25) is 14.7 Å². The third-order valence-corrected chi connectivity index (χ3v) is 7.54. The topological polar surface area (TPSA) is 96.5 Å². The monoisotopic (exact) mass is 572 g/mol. The molecular weight excluding hydrogens is 542 g/mol. The number of amides is 2. The maximum atomic E-state index is 13.7. The largest absolute Gasteiger partial charge is 0.494 e. The van der Waals surface area contributed by atoms with E-state index in [1.54, 1.807) is 4.90 Å². The predicted molar refractivity (Wildman–Crippen MR) is 151 cm³/mol. The molecule has 0 fully saturated rings. The molecule has 3 aromatic carbocycles. The number of carbonyl (C=O) groups excluding carboxylic acids is 2. The summed E-state index contributed by atoms with van der Waals surface area (Å²) < 4.78 is 38.6. The zero-order valence-corrected chi connectivity index (χ0v) is 22.8. The van der Waals surface area contributed by atoms with Gasteiger partial charge in [0.15, 0.2) is 5.69 Å². The van der Waals surface area contributed by atoms with E-state index in [2.05, 4.69) is 15.5 Å². The number of nitrogens with one attached hydrogen (secondary N) is 2. The molecule has 1 unspecified atom stereocenters. The highest BCUT2D eigenvalue weighted by Gasteiger charge is 2.34. The van der Waals surface area contributed by atoms with Crippen LogP contribution in [0.2, 0.25) is 0 Å². The maximum absolute atomic E-state index is 13.7. The second-order valence-corrected chi connectivity index (χ2v) is 10.4. The first kappa shape index (κ1) is 27.4. The molecule has 0 aliphatic carbocycles. The summed E-state index contributed by atoms with van der Waals surface area (Å²) in [6.45, 7) is 1.26. The minimum absolute atomic E-state index is 0.0147. The average molecular weight is 573 g/mol. The Hall–Kier alpha value is -4.73. The number of benzene rings is 3. The molecule has 0 radical (unpaired) electrons. The van der Waals surface area contributed by atoms with Gasteiger partial charge >= 0.3 is 0 Å². The maximum Gasteiger partial charge on any atom is 0.279 e. The van der Waals surface area contributed by atoms with Gasteiger partial charge in [-0.25, -0.2) is 8.78 Å². The molecule has 8 rings (SSSR count). The number of fused-ring (bicyclic) bond motifs is 1. The van der Waals surface area contributed by atoms with E-state index in [0.717, 1.165) is 28.3 Å². The molecule has 1 aromatic heterocycles. The number of ether oxygens (including phenoxy) is 2. The number of aryl methyl sites for hydroxylation is 1. The van der Waals surface area contributed by atoms with Gasteiger partial charge in [-0.2, -0.15) is 5.10 Å². The molecule has 8 bridgehead atoms. The van der Waals surface area contributed by atoms with Crippen molar-refractivity contribution in [1.29, 1.82) is 0 Å². The first-order chi connectivity index (χ1) is 20.4. The number of halogens is 2. The van der Waals surface area contributed by atoms with Crippen LogP contribution in [0.1, 0.15) is 63.7 Å². The van der Waals surface area contributed by atoms with Gasteiger partial charge in [-0.15, -0.1) is 0 Å². The first-order valence-corrected chi connectivity index (χ1v) is 14.0. The van der Waals surface area contributed by atoms with Gasteiger partial charge in [-0.1, -0.05) is 30.3 Å². The second kappa shape index (κ2) is 12.0. The zero-order valence-electron chi connectivity index (χ0n) is 22.8. The molecule has 0 saturated heterocycles. The van der Waals surface area contributed by atoms with Crippen molar-refractivity contribution in [1.82, 2.24) is 20.4 Å². The number of aromatic amines is 1. The van der Waals surface area contributed by atoms with E-state index in [1.807, 2.05) is 66.7 Å². The Morgan fingerprint density at radius 1 is 0.952 bits per heavy atom. The van der Waals surface area contributed by atoms with E-state index in [9.17, 15) is 18.4 Å². The average Bonchev–Trinajstić information content (AvgIpc) is 3.50. The van der Waals surface area contributed by atoms with Gasteiger partial charge < -0.3 is 19.7 Å². The molecule has 2 N–H and O–H groups in total. The van der Waals surface area contributed by atoms with Crippen LogP contribution in [-0.2, 0) is 17.6 Å². The summed E-state index contributed by atoms with van der Waals surface area (Å²) in [5.41, 5.74) is 3.33. The van der Waals surface area contributed by atoms with Crippen LogP contribution in [-0.4, -0.2) is 46.6 Å². The normalized spacial score (nSPS) is 17.3. The summed E-state index contributed by atoms with van der Waals surface area (Å²) in [5, 5.41) is 9.10. The van der Waals surface area contributed by atoms with Crippen LogP contribution >= 0.6 is 0 Å². The van der Waals surface area contributed by atoms with Crippen molar-refractivity contribution in [2.24, 2.45) is 0 Å². The molecule has 42 heavy (non-hydrogen) atoms. The number of H-pyrrole nitrogens is 1. The van der Waals surface area contributed by atoms with Crippen molar-refractivity contribution in [3.05, 3.63) is 106 Å². The lowest BCUT2D eigenvalue weighted by atomic mass is 9.87. The van der Waals surface area contributed by atoms with Crippen molar-refractivity contribution < 1.29 is 27.8 Å². The van der Waals surface area contributed by atoms with Gasteiger partial charge in [-0.05, 0) is 84.0 Å². The first-order valence-electron chi connectivity index (χ1n) is 14.0. The van der Waals surface area contributed by atoms with Crippen molar-refractivity contribution in [3.63, 3.8) is 0 Å². The van der Waals surface area contributed by atoms with Crippen molar-refractivity contribution in [3.8, 4) is 17.2 Å². The summed E-state index contributed by atoms with van der Waals surface area (Å²) in [7, 11) is 0. The SMILES string of the molecule is O=C1CCc2ccc(cc2)Oc2ccc3c(c2)CCN(C(=O)c2cc(C(F)F)[nH]n2)C3c2cccc(c2)OCCCN1. The molecule has 4 aliphatic heterocycles. The fourth-order valence-electron chi connectivity index (χ4n) is 5.42. The van der Waals surface area contributed by atoms with Crippen molar-refractivity contribution in [2.45, 2.75) is 38.2 Å². The van der Waals surface area contributed by atoms with E-state index < -0.39 is 24.1 Å². The van der Waals surface area contributed by atoms with Gasteiger partial charge in [0.25, 0.3) is 12.3 Å². The number of nitrogens with zero attached hydrogens (tertiary/aromatic N) is 2. The van der Waals surface area contributed by atoms with Crippen LogP contribution in [0, 0.1) is 0 Å². The van der Waals surface area contributed by atoms with Gasteiger partial charge in [0, 0.05) is 19.5 Å². The summed E-state index contributed by atoms with van der Waals surface area (Å²) in [5.74, 6) is 1.51. The zero-order chi connectivity index (χ0) is 29.1. The Labute approximate surface area is 241 Å². The molecule has 8 nitrogen and oxygen atoms in total. The smallest absolute Gasteiger partial charge is 0.279 e. The Kier molecular flexibility index (Phi) is 7.85. The molecular formula is C32H30F2N4O4. The van der Waals surface area contributed by atoms with Gasteiger partial charge in [0.05, 0.1) is 12.6 Å². The number of alkyl halides is 2. The molecule has 1 atom stereocenters. The summed E-state index contributed by atoms with van der Waals surface area (Å²) >= 11 is 0. The fourth-order valence-corrected chi connectivity index (χ4v) is 5.42. The standard InChI is InChI=1S/C32H30F2N4O4/c33-31(34)27-19-28(37-36-27)32(40)38-15-13-21-17-25-10-11-26(21)30(38)22-3-1-4-24(18-22)41-16-2-14-35-29(39)12-7-20-5-8-23(42-25)9-6-20/h1,3-6,8-11,17-19,30-31H,2,7,12-16H2,(H,35,39)(H,36,37). The van der Waals surface area contributed by atoms with Crippen molar-refractivity contribution in [2.75, 3.05) is 19.7 Å². The lowest BCUT2D eigenvalue weighted by molar-refractivity contribution is -0.121. The quantitative estimate of drug-likeness (QED) is 0.319. The molecule has 0 saturated carbocycles. The van der Waals surface area contributed by atoms with Crippen LogP contribution in [0.4, 0.5) is 8.78 Å². The summed E-state index contributed by atoms with van der Waals surface area (Å²) in [6, 6.07) is 21.6. The highest BCUT2D eigenvalue weighted by molar-refractivity contribution is 5.93. The highest BCUT2D eigenvalue weighted by Crippen LogP contribution is 2.39. The predicted octanol–water partition coefficient (Wildman–Crippen LogP) is 5.76. The lowest BCUT2D eigenvalue weighted by Crippen LogP contribution is -2.40. The van der Waals surface area contributed by atoms with E-state index in [-0.39, 0.29) is 11.6 Å². The van der Waals surface area contributed by atoms with E-state index in [4.69, 9.17) is 9.47 Å². The fraction of sp³-hybridized carbons (Fsp3) is 0.281. The van der Waals surface area contributed by atoms with E-state index in [0.29, 0.717) is 62.6 Å². The molecule has 5 heterocycles. The number of carbonyl (C=O) groups is 2.